The first-order valence-corrected chi connectivity index (χ1v) is 11.1. The first-order valence-electron chi connectivity index (χ1n) is 7.53. The molecular formula is C18H17FO3Si2. The Morgan fingerprint density at radius 2 is 0.917 bits per heavy atom. The summed E-state index contributed by atoms with van der Waals surface area (Å²) in [6, 6.07) is 25.3. The van der Waals surface area contributed by atoms with Gasteiger partial charge in [0, 0.05) is 5.19 Å². The normalized spacial score (nSPS) is 14.1. The zero-order valence-corrected chi connectivity index (χ0v) is 14.8. The van der Waals surface area contributed by atoms with E-state index in [2.05, 4.69) is 0 Å². The third-order valence-corrected chi connectivity index (χ3v) is 9.28. The first kappa shape index (κ1) is 16.8. The lowest BCUT2D eigenvalue weighted by Gasteiger charge is -2.30. The molecule has 0 heterocycles. The van der Waals surface area contributed by atoms with Crippen LogP contribution in [0.1, 0.15) is 0 Å². The average molecular weight is 357 g/mol. The predicted octanol–water partition coefficient (Wildman–Crippen LogP) is 1.06. The van der Waals surface area contributed by atoms with Crippen molar-refractivity contribution in [2.24, 2.45) is 0 Å². The lowest BCUT2D eigenvalue weighted by molar-refractivity contribution is 0.284. The molecule has 1 atom stereocenters. The van der Waals surface area contributed by atoms with Gasteiger partial charge >= 0.3 is 17.5 Å². The molecule has 24 heavy (non-hydrogen) atoms. The topological polar surface area (TPSA) is 49.7 Å². The summed E-state index contributed by atoms with van der Waals surface area (Å²) in [5.41, 5.74) is 0. The fourth-order valence-corrected chi connectivity index (χ4v) is 7.72. The minimum Gasteiger partial charge on any atom is -0.404 e. The SMILES string of the molecule is O[Si](F)(O[Si](O)(c1ccccc1)c1ccccc1)c1ccccc1. The molecule has 0 spiro atoms. The molecule has 3 rings (SSSR count). The summed E-state index contributed by atoms with van der Waals surface area (Å²) < 4.78 is 20.5. The van der Waals surface area contributed by atoms with Gasteiger partial charge in [-0.3, -0.25) is 0 Å². The Morgan fingerprint density at radius 3 is 1.29 bits per heavy atom. The summed E-state index contributed by atoms with van der Waals surface area (Å²) in [5, 5.41) is 1.04. The zero-order chi connectivity index (χ0) is 17.0. The van der Waals surface area contributed by atoms with Crippen molar-refractivity contribution >= 4 is 33.0 Å². The van der Waals surface area contributed by atoms with Gasteiger partial charge in [0.25, 0.3) is 0 Å². The van der Waals surface area contributed by atoms with Crippen molar-refractivity contribution in [3.63, 3.8) is 0 Å². The van der Waals surface area contributed by atoms with Gasteiger partial charge in [-0.05, 0) is 10.4 Å². The maximum absolute atomic E-state index is 15.0. The van der Waals surface area contributed by atoms with Gasteiger partial charge < -0.3 is 13.7 Å². The highest BCUT2D eigenvalue weighted by Gasteiger charge is 2.51. The Balaban J connectivity index is 2.06. The van der Waals surface area contributed by atoms with Crippen LogP contribution in [0.2, 0.25) is 0 Å². The van der Waals surface area contributed by atoms with Crippen LogP contribution >= 0.6 is 0 Å². The van der Waals surface area contributed by atoms with E-state index in [0.717, 1.165) is 0 Å². The molecule has 122 valence electrons. The fourth-order valence-electron chi connectivity index (χ4n) is 2.51. The van der Waals surface area contributed by atoms with Gasteiger partial charge in [0.05, 0.1) is 0 Å². The van der Waals surface area contributed by atoms with E-state index in [1.54, 1.807) is 78.9 Å². The highest BCUT2D eigenvalue weighted by molar-refractivity contribution is 6.97. The third-order valence-electron chi connectivity index (χ3n) is 3.74. The zero-order valence-electron chi connectivity index (χ0n) is 12.8. The van der Waals surface area contributed by atoms with Gasteiger partial charge in [0.2, 0.25) is 0 Å². The molecular weight excluding hydrogens is 339 g/mol. The van der Waals surface area contributed by atoms with E-state index in [1.807, 2.05) is 0 Å². The number of hydrogen-bond donors (Lipinski definition) is 2. The maximum atomic E-state index is 15.0. The van der Waals surface area contributed by atoms with Crippen LogP contribution in [0.5, 0.6) is 0 Å². The van der Waals surface area contributed by atoms with E-state index in [4.69, 9.17) is 4.12 Å². The molecule has 2 N–H and O–H groups in total. The molecule has 3 aromatic rings. The van der Waals surface area contributed by atoms with E-state index in [-0.39, 0.29) is 5.19 Å². The van der Waals surface area contributed by atoms with Crippen molar-refractivity contribution in [3.8, 4) is 0 Å². The van der Waals surface area contributed by atoms with Crippen LogP contribution in [-0.4, -0.2) is 27.0 Å². The number of benzene rings is 3. The van der Waals surface area contributed by atoms with Crippen LogP contribution in [0.4, 0.5) is 4.11 Å². The number of halogens is 1. The van der Waals surface area contributed by atoms with Crippen molar-refractivity contribution in [2.75, 3.05) is 0 Å². The lowest BCUT2D eigenvalue weighted by atomic mass is 10.4. The minimum atomic E-state index is -4.77. The van der Waals surface area contributed by atoms with Crippen LogP contribution in [-0.2, 0) is 4.12 Å². The summed E-state index contributed by atoms with van der Waals surface area (Å²) in [5.74, 6) is 0. The summed E-state index contributed by atoms with van der Waals surface area (Å²) in [6.07, 6.45) is 0. The van der Waals surface area contributed by atoms with Gasteiger partial charge in [-0.2, -0.15) is 0 Å². The molecule has 3 aromatic carbocycles. The minimum absolute atomic E-state index is 0.0720. The van der Waals surface area contributed by atoms with Gasteiger partial charge in [0.15, 0.2) is 0 Å². The Bertz CT molecular complexity index is 744. The smallest absolute Gasteiger partial charge is 0.404 e. The fraction of sp³-hybridized carbons (Fsp3) is 0. The van der Waals surface area contributed by atoms with E-state index in [0.29, 0.717) is 10.4 Å². The summed E-state index contributed by atoms with van der Waals surface area (Å²) in [6.45, 7) is 0. The van der Waals surface area contributed by atoms with Crippen LogP contribution in [0.15, 0.2) is 91.0 Å². The van der Waals surface area contributed by atoms with Crippen LogP contribution in [0, 0.1) is 0 Å². The second-order valence-electron chi connectivity index (χ2n) is 5.41. The highest BCUT2D eigenvalue weighted by atomic mass is 28.5. The molecule has 0 fully saturated rings. The molecule has 0 aliphatic rings. The lowest BCUT2D eigenvalue weighted by Crippen LogP contribution is -2.68. The summed E-state index contributed by atoms with van der Waals surface area (Å²) >= 11 is 0. The standard InChI is InChI=1S/C18H17FO3Si2/c19-24(21,18-14-8-3-9-15-18)22-23(20,16-10-4-1-5-11-16)17-12-6-2-7-13-17/h1-15,20-21H. The van der Waals surface area contributed by atoms with Gasteiger partial charge in [0.1, 0.15) is 0 Å². The molecule has 0 amide bonds. The largest absolute Gasteiger partial charge is 0.564 e. The van der Waals surface area contributed by atoms with E-state index >= 15 is 4.11 Å². The molecule has 0 saturated heterocycles. The van der Waals surface area contributed by atoms with Crippen molar-refractivity contribution in [1.82, 2.24) is 0 Å². The molecule has 1 unspecified atom stereocenters. The van der Waals surface area contributed by atoms with Gasteiger partial charge in [-0.25, -0.2) is 4.11 Å². The van der Waals surface area contributed by atoms with E-state index < -0.39 is 17.5 Å². The Hall–Kier alpha value is -2.10. The monoisotopic (exact) mass is 356 g/mol. The highest BCUT2D eigenvalue weighted by Crippen LogP contribution is 2.13. The maximum Gasteiger partial charge on any atom is 0.564 e. The van der Waals surface area contributed by atoms with Gasteiger partial charge in [-0.1, -0.05) is 91.0 Å². The predicted molar refractivity (Wildman–Crippen MR) is 96.4 cm³/mol. The molecule has 0 saturated carbocycles. The quantitative estimate of drug-likeness (QED) is 0.531. The van der Waals surface area contributed by atoms with Crippen molar-refractivity contribution in [3.05, 3.63) is 91.0 Å². The van der Waals surface area contributed by atoms with Gasteiger partial charge in [-0.15, -0.1) is 0 Å². The average Bonchev–Trinajstić information content (AvgIpc) is 2.63. The first-order chi connectivity index (χ1) is 11.5. The molecule has 0 radical (unpaired) electrons. The molecule has 0 aromatic heterocycles. The number of rotatable bonds is 5. The molecule has 0 bridgehead atoms. The van der Waals surface area contributed by atoms with E-state index in [1.165, 1.54) is 12.1 Å². The van der Waals surface area contributed by atoms with Crippen LogP contribution in [0.3, 0.4) is 0 Å². The Labute approximate surface area is 142 Å². The summed E-state index contributed by atoms with van der Waals surface area (Å²) in [7, 11) is -8.65. The second kappa shape index (κ2) is 6.80. The number of hydrogen-bond acceptors (Lipinski definition) is 3. The second-order valence-corrected chi connectivity index (χ2v) is 10.4. The third kappa shape index (κ3) is 3.38. The van der Waals surface area contributed by atoms with Crippen molar-refractivity contribution < 1.29 is 17.8 Å². The molecule has 0 aliphatic heterocycles. The van der Waals surface area contributed by atoms with Crippen LogP contribution in [0.25, 0.3) is 0 Å². The van der Waals surface area contributed by atoms with Crippen LogP contribution < -0.4 is 15.6 Å². The molecule has 3 nitrogen and oxygen atoms in total. The molecule has 0 aliphatic carbocycles. The van der Waals surface area contributed by atoms with E-state index in [9.17, 15) is 9.59 Å². The molecule has 6 heteroatoms. The Morgan fingerprint density at radius 1 is 0.583 bits per heavy atom. The Kier molecular flexibility index (Phi) is 4.74. The van der Waals surface area contributed by atoms with Crippen molar-refractivity contribution in [2.45, 2.75) is 0 Å². The summed E-state index contributed by atoms with van der Waals surface area (Å²) in [4.78, 5) is 21.7. The van der Waals surface area contributed by atoms with Crippen molar-refractivity contribution in [1.29, 1.82) is 0 Å².